The van der Waals surface area contributed by atoms with Crippen molar-refractivity contribution in [2.24, 2.45) is 11.3 Å². The van der Waals surface area contributed by atoms with E-state index in [0.29, 0.717) is 5.41 Å². The first-order chi connectivity index (χ1) is 10.5. The second kappa shape index (κ2) is 6.45. The van der Waals surface area contributed by atoms with Gasteiger partial charge in [0.25, 0.3) is 0 Å². The van der Waals surface area contributed by atoms with E-state index in [9.17, 15) is 0 Å². The van der Waals surface area contributed by atoms with Gasteiger partial charge in [-0.15, -0.1) is 0 Å². The number of aromatic amines is 1. The largest absolute Gasteiger partial charge is 0.361 e. The smallest absolute Gasteiger partial charge is 0.0456 e. The van der Waals surface area contributed by atoms with Crippen molar-refractivity contribution in [3.8, 4) is 0 Å². The van der Waals surface area contributed by atoms with Gasteiger partial charge in [-0.1, -0.05) is 39.0 Å². The fourth-order valence-electron chi connectivity index (χ4n) is 3.91. The predicted molar refractivity (Wildman–Crippen MR) is 95.2 cm³/mol. The molecule has 22 heavy (non-hydrogen) atoms. The van der Waals surface area contributed by atoms with E-state index in [1.165, 1.54) is 42.1 Å². The van der Waals surface area contributed by atoms with Gasteiger partial charge in [0.1, 0.15) is 0 Å². The summed E-state index contributed by atoms with van der Waals surface area (Å²) in [4.78, 5) is 3.37. The van der Waals surface area contributed by atoms with Gasteiger partial charge in [0.05, 0.1) is 0 Å². The Hall–Kier alpha value is -1.28. The molecule has 3 rings (SSSR count). The molecule has 0 radical (unpaired) electrons. The monoisotopic (exact) mass is 298 g/mol. The third-order valence-electron chi connectivity index (χ3n) is 5.45. The number of fused-ring (bicyclic) bond motifs is 1. The highest BCUT2D eigenvalue weighted by atomic mass is 14.9. The third kappa shape index (κ3) is 3.55. The van der Waals surface area contributed by atoms with E-state index in [1.54, 1.807) is 0 Å². The van der Waals surface area contributed by atoms with Gasteiger partial charge in [-0.05, 0) is 61.6 Å². The average Bonchev–Trinajstić information content (AvgIpc) is 2.90. The fourth-order valence-corrected chi connectivity index (χ4v) is 3.91. The summed E-state index contributed by atoms with van der Waals surface area (Å²) in [7, 11) is 0. The predicted octanol–water partition coefficient (Wildman–Crippen LogP) is 4.90. The van der Waals surface area contributed by atoms with Crippen molar-refractivity contribution in [2.75, 3.05) is 6.54 Å². The number of hydrogen-bond donors (Lipinski definition) is 2. The molecule has 0 bridgehead atoms. The molecule has 1 heterocycles. The molecular weight excluding hydrogens is 268 g/mol. The summed E-state index contributed by atoms with van der Waals surface area (Å²) < 4.78 is 0. The Balaban J connectivity index is 1.46. The van der Waals surface area contributed by atoms with Crippen LogP contribution in [-0.2, 0) is 6.42 Å². The molecule has 120 valence electrons. The maximum Gasteiger partial charge on any atom is 0.0456 e. The maximum absolute atomic E-state index is 3.78. The normalized spacial score (nSPS) is 23.0. The summed E-state index contributed by atoms with van der Waals surface area (Å²) >= 11 is 0. The van der Waals surface area contributed by atoms with Crippen LogP contribution in [0.25, 0.3) is 10.9 Å². The molecule has 0 amide bonds. The Morgan fingerprint density at radius 1 is 1.09 bits per heavy atom. The van der Waals surface area contributed by atoms with Crippen molar-refractivity contribution >= 4 is 10.9 Å². The number of aromatic nitrogens is 1. The first-order valence-electron chi connectivity index (χ1n) is 8.82. The zero-order chi connectivity index (χ0) is 15.6. The molecule has 2 aromatic rings. The fraction of sp³-hybridized carbons (Fsp3) is 0.600. The number of benzene rings is 1. The van der Waals surface area contributed by atoms with Crippen LogP contribution in [0.3, 0.4) is 0 Å². The molecule has 1 aliphatic rings. The van der Waals surface area contributed by atoms with E-state index < -0.39 is 0 Å². The Kier molecular flexibility index (Phi) is 4.58. The van der Waals surface area contributed by atoms with Crippen molar-refractivity contribution in [2.45, 2.75) is 58.9 Å². The summed E-state index contributed by atoms with van der Waals surface area (Å²) in [5, 5.41) is 5.16. The lowest BCUT2D eigenvalue weighted by Crippen LogP contribution is -2.37. The molecule has 1 aliphatic carbocycles. The average molecular weight is 298 g/mol. The minimum absolute atomic E-state index is 0.481. The molecule has 1 saturated carbocycles. The van der Waals surface area contributed by atoms with Crippen molar-refractivity contribution in [1.29, 1.82) is 0 Å². The van der Waals surface area contributed by atoms with Gasteiger partial charge >= 0.3 is 0 Å². The molecule has 1 aromatic carbocycles. The summed E-state index contributed by atoms with van der Waals surface area (Å²) in [5.74, 6) is 0.902. The lowest BCUT2D eigenvalue weighted by atomic mass is 9.71. The number of nitrogens with one attached hydrogen (secondary N) is 2. The van der Waals surface area contributed by atoms with E-state index in [-0.39, 0.29) is 0 Å². The maximum atomic E-state index is 3.78. The molecular formula is C20H30N2. The van der Waals surface area contributed by atoms with E-state index in [0.717, 1.165) is 24.9 Å². The van der Waals surface area contributed by atoms with Gasteiger partial charge in [-0.2, -0.15) is 0 Å². The number of hydrogen-bond acceptors (Lipinski definition) is 1. The first-order valence-corrected chi connectivity index (χ1v) is 8.82. The molecule has 0 saturated heterocycles. The van der Waals surface area contributed by atoms with Crippen LogP contribution < -0.4 is 5.32 Å². The molecule has 2 heteroatoms. The Morgan fingerprint density at radius 3 is 2.55 bits per heavy atom. The summed E-state index contributed by atoms with van der Waals surface area (Å²) in [6.45, 7) is 8.26. The van der Waals surface area contributed by atoms with Crippen LogP contribution in [0.5, 0.6) is 0 Å². The second-order valence-electron chi connectivity index (χ2n) is 7.98. The van der Waals surface area contributed by atoms with Crippen LogP contribution in [-0.4, -0.2) is 17.6 Å². The first kappa shape index (κ1) is 15.6. The molecule has 2 nitrogen and oxygen atoms in total. The molecule has 1 fully saturated rings. The SMILES string of the molecule is CC(C)(C)C1CCC(NCCc2c[nH]c3ccccc23)CC1. The highest BCUT2D eigenvalue weighted by Crippen LogP contribution is 2.37. The summed E-state index contributed by atoms with van der Waals surface area (Å²) in [5.41, 5.74) is 3.17. The van der Waals surface area contributed by atoms with Crippen molar-refractivity contribution in [1.82, 2.24) is 10.3 Å². The van der Waals surface area contributed by atoms with Gasteiger partial charge in [-0.3, -0.25) is 0 Å². The van der Waals surface area contributed by atoms with E-state index >= 15 is 0 Å². The standard InChI is InChI=1S/C20H30N2/c1-20(2,3)16-8-10-17(11-9-16)21-13-12-15-14-22-19-7-5-4-6-18(15)19/h4-7,14,16-17,21-22H,8-13H2,1-3H3. The minimum Gasteiger partial charge on any atom is -0.361 e. The molecule has 0 atom stereocenters. The quantitative estimate of drug-likeness (QED) is 0.825. The number of rotatable bonds is 4. The molecule has 1 aromatic heterocycles. The molecule has 2 N–H and O–H groups in total. The lowest BCUT2D eigenvalue weighted by molar-refractivity contribution is 0.160. The van der Waals surface area contributed by atoms with E-state index in [1.807, 2.05) is 0 Å². The zero-order valence-corrected chi connectivity index (χ0v) is 14.3. The second-order valence-corrected chi connectivity index (χ2v) is 7.98. The molecule has 0 spiro atoms. The van der Waals surface area contributed by atoms with Crippen molar-refractivity contribution in [3.05, 3.63) is 36.0 Å². The number of para-hydroxylation sites is 1. The van der Waals surface area contributed by atoms with Crippen LogP contribution in [0.15, 0.2) is 30.5 Å². The summed E-state index contributed by atoms with van der Waals surface area (Å²) in [6.07, 6.45) is 8.74. The minimum atomic E-state index is 0.481. The van der Waals surface area contributed by atoms with Gasteiger partial charge in [0.2, 0.25) is 0 Å². The van der Waals surface area contributed by atoms with Crippen molar-refractivity contribution < 1.29 is 0 Å². The third-order valence-corrected chi connectivity index (χ3v) is 5.45. The Bertz CT molecular complexity index is 597. The van der Waals surface area contributed by atoms with Gasteiger partial charge in [-0.25, -0.2) is 0 Å². The highest BCUT2D eigenvalue weighted by molar-refractivity contribution is 5.83. The van der Waals surface area contributed by atoms with Crippen molar-refractivity contribution in [3.63, 3.8) is 0 Å². The molecule has 0 aliphatic heterocycles. The van der Waals surface area contributed by atoms with Gasteiger partial charge in [0, 0.05) is 23.1 Å². The number of H-pyrrole nitrogens is 1. The van der Waals surface area contributed by atoms with Gasteiger partial charge < -0.3 is 10.3 Å². The lowest BCUT2D eigenvalue weighted by Gasteiger charge is -2.37. The van der Waals surface area contributed by atoms with Crippen LogP contribution in [0, 0.1) is 11.3 Å². The highest BCUT2D eigenvalue weighted by Gasteiger charge is 2.29. The Labute approximate surface area is 134 Å². The Morgan fingerprint density at radius 2 is 1.82 bits per heavy atom. The van der Waals surface area contributed by atoms with E-state index in [4.69, 9.17) is 0 Å². The van der Waals surface area contributed by atoms with E-state index in [2.05, 4.69) is 61.5 Å². The van der Waals surface area contributed by atoms with Crippen LogP contribution in [0.4, 0.5) is 0 Å². The molecule has 0 unspecified atom stereocenters. The van der Waals surface area contributed by atoms with Crippen LogP contribution >= 0.6 is 0 Å². The van der Waals surface area contributed by atoms with Crippen LogP contribution in [0.1, 0.15) is 52.0 Å². The van der Waals surface area contributed by atoms with Crippen LogP contribution in [0.2, 0.25) is 0 Å². The topological polar surface area (TPSA) is 27.8 Å². The summed E-state index contributed by atoms with van der Waals surface area (Å²) in [6, 6.07) is 9.31. The van der Waals surface area contributed by atoms with Gasteiger partial charge in [0.15, 0.2) is 0 Å². The zero-order valence-electron chi connectivity index (χ0n) is 14.3.